The number of anilines is 2. The second kappa shape index (κ2) is 6.02. The third kappa shape index (κ3) is 2.81. The summed E-state index contributed by atoms with van der Waals surface area (Å²) in [5.74, 6) is 1.01. The first-order chi connectivity index (χ1) is 9.58. The molecule has 1 aliphatic rings. The quantitative estimate of drug-likeness (QED) is 0.633. The molecule has 0 bridgehead atoms. The van der Waals surface area contributed by atoms with Crippen LogP contribution in [0, 0.1) is 10.1 Å². The molecule has 8 heteroatoms. The van der Waals surface area contributed by atoms with Gasteiger partial charge in [-0.15, -0.1) is 0 Å². The number of rotatable bonds is 5. The summed E-state index contributed by atoms with van der Waals surface area (Å²) in [6, 6.07) is 2.87. The van der Waals surface area contributed by atoms with Crippen molar-refractivity contribution in [1.82, 2.24) is 4.98 Å². The van der Waals surface area contributed by atoms with Gasteiger partial charge in [-0.05, 0) is 0 Å². The number of hydrogen-bond acceptors (Lipinski definition) is 7. The maximum absolute atomic E-state index is 11.0. The summed E-state index contributed by atoms with van der Waals surface area (Å²) >= 11 is 0. The molecule has 1 saturated heterocycles. The average molecular weight is 282 g/mol. The topological polar surface area (TPSA) is 89.8 Å². The number of ether oxygens (including phenoxy) is 2. The fraction of sp³-hybridized carbons (Fsp3) is 0.583. The Morgan fingerprint density at radius 1 is 1.35 bits per heavy atom. The Morgan fingerprint density at radius 2 is 1.95 bits per heavy atom. The highest BCUT2D eigenvalue weighted by atomic mass is 16.6. The Kier molecular flexibility index (Phi) is 4.35. The summed E-state index contributed by atoms with van der Waals surface area (Å²) in [5, 5.41) is 13.8. The summed E-state index contributed by atoms with van der Waals surface area (Å²) in [5.41, 5.74) is 0.00850. The van der Waals surface area contributed by atoms with E-state index in [9.17, 15) is 10.1 Å². The minimum Gasteiger partial charge on any atom is -0.377 e. The maximum Gasteiger partial charge on any atom is 0.276 e. The van der Waals surface area contributed by atoms with Crippen LogP contribution in [0.15, 0.2) is 12.1 Å². The molecule has 2 unspecified atom stereocenters. The first-order valence-corrected chi connectivity index (χ1v) is 6.23. The SMILES string of the molecule is CNc1cc([N+](=O)[O-])cc(N2CC(OC)C(OC)C2)n1. The molecular formula is C12H18N4O4. The fourth-order valence-corrected chi connectivity index (χ4v) is 2.28. The van der Waals surface area contributed by atoms with Crippen LogP contribution in [0.2, 0.25) is 0 Å². The third-order valence-electron chi connectivity index (χ3n) is 3.41. The summed E-state index contributed by atoms with van der Waals surface area (Å²) in [6.45, 7) is 1.18. The minimum atomic E-state index is -0.427. The van der Waals surface area contributed by atoms with Crippen LogP contribution >= 0.6 is 0 Å². The fourth-order valence-electron chi connectivity index (χ4n) is 2.28. The number of nitrogens with zero attached hydrogens (tertiary/aromatic N) is 3. The van der Waals surface area contributed by atoms with Crippen molar-refractivity contribution in [2.45, 2.75) is 12.2 Å². The van der Waals surface area contributed by atoms with Crippen LogP contribution in [0.5, 0.6) is 0 Å². The Hall–Kier alpha value is -1.93. The zero-order chi connectivity index (χ0) is 14.7. The van der Waals surface area contributed by atoms with Crippen LogP contribution in [-0.4, -0.2) is 56.5 Å². The Balaban J connectivity index is 2.28. The van der Waals surface area contributed by atoms with Crippen LogP contribution < -0.4 is 10.2 Å². The van der Waals surface area contributed by atoms with E-state index >= 15 is 0 Å². The van der Waals surface area contributed by atoms with Gasteiger partial charge >= 0.3 is 0 Å². The molecule has 8 nitrogen and oxygen atoms in total. The molecule has 110 valence electrons. The monoisotopic (exact) mass is 282 g/mol. The lowest BCUT2D eigenvalue weighted by molar-refractivity contribution is -0.384. The highest BCUT2D eigenvalue weighted by Crippen LogP contribution is 2.27. The summed E-state index contributed by atoms with van der Waals surface area (Å²) in [4.78, 5) is 16.8. The van der Waals surface area contributed by atoms with Gasteiger partial charge in [-0.2, -0.15) is 0 Å². The molecule has 0 amide bonds. The molecule has 0 saturated carbocycles. The molecule has 0 aromatic carbocycles. The van der Waals surface area contributed by atoms with Gasteiger partial charge in [0.25, 0.3) is 5.69 Å². The Morgan fingerprint density at radius 3 is 2.40 bits per heavy atom. The predicted molar refractivity (Wildman–Crippen MR) is 74.2 cm³/mol. The molecule has 0 spiro atoms. The van der Waals surface area contributed by atoms with E-state index in [0.717, 1.165) is 0 Å². The molecule has 20 heavy (non-hydrogen) atoms. The lowest BCUT2D eigenvalue weighted by atomic mass is 10.3. The van der Waals surface area contributed by atoms with E-state index in [0.29, 0.717) is 24.7 Å². The zero-order valence-electron chi connectivity index (χ0n) is 11.7. The van der Waals surface area contributed by atoms with Gasteiger partial charge in [-0.25, -0.2) is 4.98 Å². The molecule has 0 aliphatic carbocycles. The summed E-state index contributed by atoms with van der Waals surface area (Å²) < 4.78 is 10.7. The molecule has 2 rings (SSSR count). The smallest absolute Gasteiger partial charge is 0.276 e. The summed E-state index contributed by atoms with van der Waals surface area (Å²) in [7, 11) is 4.93. The van der Waals surface area contributed by atoms with Gasteiger partial charge in [-0.3, -0.25) is 10.1 Å². The molecule has 0 radical (unpaired) electrons. The van der Waals surface area contributed by atoms with Crippen molar-refractivity contribution >= 4 is 17.3 Å². The van der Waals surface area contributed by atoms with E-state index in [1.807, 2.05) is 4.90 Å². The number of nitro groups is 1. The maximum atomic E-state index is 11.0. The first-order valence-electron chi connectivity index (χ1n) is 6.23. The van der Waals surface area contributed by atoms with E-state index in [2.05, 4.69) is 10.3 Å². The van der Waals surface area contributed by atoms with Crippen molar-refractivity contribution in [2.75, 3.05) is 44.6 Å². The van der Waals surface area contributed by atoms with Gasteiger partial charge in [0.15, 0.2) is 0 Å². The predicted octanol–water partition coefficient (Wildman–Crippen LogP) is 0.881. The highest BCUT2D eigenvalue weighted by molar-refractivity contribution is 5.56. The van der Waals surface area contributed by atoms with Crippen LogP contribution in [0.4, 0.5) is 17.3 Å². The highest BCUT2D eigenvalue weighted by Gasteiger charge is 2.34. The summed E-state index contributed by atoms with van der Waals surface area (Å²) in [6.07, 6.45) is -0.141. The van der Waals surface area contributed by atoms with Gasteiger partial charge in [0.1, 0.15) is 23.8 Å². The van der Waals surface area contributed by atoms with Crippen molar-refractivity contribution in [3.63, 3.8) is 0 Å². The Bertz CT molecular complexity index is 484. The van der Waals surface area contributed by atoms with Crippen molar-refractivity contribution in [3.8, 4) is 0 Å². The minimum absolute atomic E-state index is 0.00850. The second-order valence-corrected chi connectivity index (χ2v) is 4.53. The van der Waals surface area contributed by atoms with Crippen LogP contribution in [-0.2, 0) is 9.47 Å². The zero-order valence-corrected chi connectivity index (χ0v) is 11.7. The van der Waals surface area contributed by atoms with E-state index in [1.165, 1.54) is 12.1 Å². The van der Waals surface area contributed by atoms with E-state index in [4.69, 9.17) is 9.47 Å². The van der Waals surface area contributed by atoms with Crippen LogP contribution in [0.3, 0.4) is 0 Å². The van der Waals surface area contributed by atoms with Gasteiger partial charge in [0.2, 0.25) is 0 Å². The molecule has 2 atom stereocenters. The van der Waals surface area contributed by atoms with Crippen LogP contribution in [0.25, 0.3) is 0 Å². The number of pyridine rings is 1. The molecule has 1 N–H and O–H groups in total. The van der Waals surface area contributed by atoms with Crippen molar-refractivity contribution in [2.24, 2.45) is 0 Å². The number of nitrogens with one attached hydrogen (secondary N) is 1. The van der Waals surface area contributed by atoms with E-state index < -0.39 is 4.92 Å². The number of methoxy groups -OCH3 is 2. The standard InChI is InChI=1S/C12H18N4O4/c1-13-11-4-8(16(17)18)5-12(14-11)15-6-9(19-2)10(7-15)20-3/h4-5,9-10H,6-7H2,1-3H3,(H,13,14). The lowest BCUT2D eigenvalue weighted by Gasteiger charge is -2.17. The van der Waals surface area contributed by atoms with E-state index in [1.54, 1.807) is 21.3 Å². The molecule has 1 aromatic heterocycles. The second-order valence-electron chi connectivity index (χ2n) is 4.53. The molecule has 1 aromatic rings. The normalized spacial score (nSPS) is 22.1. The van der Waals surface area contributed by atoms with Crippen molar-refractivity contribution < 1.29 is 14.4 Å². The number of hydrogen-bond donors (Lipinski definition) is 1. The molecular weight excluding hydrogens is 264 g/mol. The molecule has 1 fully saturated rings. The lowest BCUT2D eigenvalue weighted by Crippen LogP contribution is -2.27. The van der Waals surface area contributed by atoms with Gasteiger partial charge < -0.3 is 19.7 Å². The largest absolute Gasteiger partial charge is 0.377 e. The Labute approximate surface area is 116 Å². The first kappa shape index (κ1) is 14.5. The van der Waals surface area contributed by atoms with Gasteiger partial charge in [0.05, 0.1) is 17.1 Å². The average Bonchev–Trinajstić information content (AvgIpc) is 2.89. The van der Waals surface area contributed by atoms with Crippen molar-refractivity contribution in [1.29, 1.82) is 0 Å². The van der Waals surface area contributed by atoms with Gasteiger partial charge in [0, 0.05) is 34.4 Å². The van der Waals surface area contributed by atoms with E-state index in [-0.39, 0.29) is 17.9 Å². The molecule has 2 heterocycles. The number of aromatic nitrogens is 1. The third-order valence-corrected chi connectivity index (χ3v) is 3.41. The van der Waals surface area contributed by atoms with Crippen molar-refractivity contribution in [3.05, 3.63) is 22.2 Å². The van der Waals surface area contributed by atoms with Crippen LogP contribution in [0.1, 0.15) is 0 Å². The molecule has 1 aliphatic heterocycles. The van der Waals surface area contributed by atoms with Gasteiger partial charge in [-0.1, -0.05) is 0 Å².